The minimum Gasteiger partial charge on any atom is -0.569 e. The number of nitrogens with zero attached hydrogens (tertiary/aromatic N) is 7. The Hall–Kier alpha value is -5.28. The van der Waals surface area contributed by atoms with E-state index in [0.29, 0.717) is 36.5 Å². The highest BCUT2D eigenvalue weighted by molar-refractivity contribution is 5.85. The molecule has 0 saturated carbocycles. The topological polar surface area (TPSA) is 188 Å². The zero-order valence-electron chi connectivity index (χ0n) is 32.1. The van der Waals surface area contributed by atoms with Crippen molar-refractivity contribution in [3.05, 3.63) is 59.3 Å². The molecule has 0 radical (unpaired) electrons. The largest absolute Gasteiger partial charge is 0.569 e. The van der Waals surface area contributed by atoms with Gasteiger partial charge in [0, 0.05) is 25.5 Å². The molecule has 1 amide bonds. The van der Waals surface area contributed by atoms with Gasteiger partial charge in [0.05, 0.1) is 24.2 Å². The first-order chi connectivity index (χ1) is 25.2. The second-order valence-corrected chi connectivity index (χ2v) is 13.9. The summed E-state index contributed by atoms with van der Waals surface area (Å²) in [4.78, 5) is 46.5. The van der Waals surface area contributed by atoms with Crippen molar-refractivity contribution < 1.29 is 38.4 Å². The van der Waals surface area contributed by atoms with E-state index in [1.54, 1.807) is 11.9 Å². The maximum atomic E-state index is 13.6. The fraction of sp³-hybridized carbons (Fsp3) is 0.568. The first-order valence-corrected chi connectivity index (χ1v) is 18.0. The van der Waals surface area contributed by atoms with Gasteiger partial charge >= 0.3 is 12.1 Å². The molecule has 3 rings (SSSR count). The van der Waals surface area contributed by atoms with Crippen LogP contribution in [0.15, 0.2) is 53.8 Å². The molecule has 0 aliphatic rings. The van der Waals surface area contributed by atoms with E-state index in [1.165, 1.54) is 11.9 Å². The maximum absolute atomic E-state index is 13.6. The van der Waals surface area contributed by atoms with Gasteiger partial charge in [-0.3, -0.25) is 4.79 Å². The number of amides is 1. The molecule has 0 bridgehead atoms. The van der Waals surface area contributed by atoms with E-state index in [-0.39, 0.29) is 38.0 Å². The van der Waals surface area contributed by atoms with Gasteiger partial charge in [-0.15, -0.1) is 10.1 Å². The van der Waals surface area contributed by atoms with E-state index >= 15 is 0 Å². The number of aromatic amines is 1. The Morgan fingerprint density at radius 1 is 0.943 bits per heavy atom. The number of aromatic nitrogens is 4. The molecular weight excluding hydrogens is 684 g/mol. The van der Waals surface area contributed by atoms with Crippen LogP contribution in [0.1, 0.15) is 92.6 Å². The summed E-state index contributed by atoms with van der Waals surface area (Å²) in [5.41, 5.74) is 3.13. The van der Waals surface area contributed by atoms with Crippen molar-refractivity contribution in [3.63, 3.8) is 0 Å². The number of carbonyl (C=O) groups excluding carboxylic acids is 3. The van der Waals surface area contributed by atoms with Gasteiger partial charge in [-0.1, -0.05) is 75.7 Å². The van der Waals surface area contributed by atoms with Gasteiger partial charge in [-0.25, -0.2) is 14.7 Å². The highest BCUT2D eigenvalue weighted by atomic mass is 16.8. The Labute approximate surface area is 311 Å². The fourth-order valence-corrected chi connectivity index (χ4v) is 5.20. The second kappa shape index (κ2) is 20.7. The second-order valence-electron chi connectivity index (χ2n) is 13.9. The number of tetrazole rings is 1. The number of H-pyrrole nitrogens is 1. The van der Waals surface area contributed by atoms with E-state index in [2.05, 4.69) is 25.9 Å². The summed E-state index contributed by atoms with van der Waals surface area (Å²) in [6.45, 7) is 13.2. The average molecular weight is 739 g/mol. The Balaban J connectivity index is 1.55. The van der Waals surface area contributed by atoms with E-state index in [4.69, 9.17) is 19.0 Å². The molecule has 0 saturated heterocycles. The van der Waals surface area contributed by atoms with Crippen molar-refractivity contribution in [3.8, 4) is 22.5 Å². The first-order valence-electron chi connectivity index (χ1n) is 18.0. The van der Waals surface area contributed by atoms with Gasteiger partial charge in [-0.05, 0) is 79.5 Å². The van der Waals surface area contributed by atoms with Crippen LogP contribution in [0.5, 0.6) is 0 Å². The lowest BCUT2D eigenvalue weighted by atomic mass is 9.97. The summed E-state index contributed by atoms with van der Waals surface area (Å²) in [6.07, 6.45) is 1.28. The average Bonchev–Trinajstić information content (AvgIpc) is 3.66. The molecule has 1 aromatic heterocycles. The Morgan fingerprint density at radius 2 is 1.62 bits per heavy atom. The van der Waals surface area contributed by atoms with Gasteiger partial charge < -0.3 is 29.2 Å². The number of benzene rings is 2. The van der Waals surface area contributed by atoms with Crippen molar-refractivity contribution >= 4 is 18.0 Å². The molecule has 1 unspecified atom stereocenters. The number of ether oxygens (including phenoxy) is 3. The number of hydrazine groups is 1. The minimum atomic E-state index is -1.25. The molecule has 16 heteroatoms. The molecule has 1 N–H and O–H groups in total. The van der Waals surface area contributed by atoms with Crippen LogP contribution in [0.3, 0.4) is 0 Å². The summed E-state index contributed by atoms with van der Waals surface area (Å²) in [5.74, 6) is -0.621. The smallest absolute Gasteiger partial charge is 0.511 e. The zero-order valence-corrected chi connectivity index (χ0v) is 32.1. The van der Waals surface area contributed by atoms with Crippen LogP contribution < -0.4 is 0 Å². The van der Waals surface area contributed by atoms with Gasteiger partial charge in [0.15, 0.2) is 5.82 Å². The number of esters is 1. The Kier molecular flexibility index (Phi) is 16.4. The van der Waals surface area contributed by atoms with Gasteiger partial charge in [0.2, 0.25) is 17.5 Å². The highest BCUT2D eigenvalue weighted by Gasteiger charge is 2.35. The molecule has 2 atom stereocenters. The van der Waals surface area contributed by atoms with Crippen LogP contribution in [0.25, 0.3) is 22.5 Å². The number of hydrogen-bond donors (Lipinski definition) is 1. The summed E-state index contributed by atoms with van der Waals surface area (Å²) < 4.78 is 15.9. The lowest BCUT2D eigenvalue weighted by Gasteiger charge is -2.33. The van der Waals surface area contributed by atoms with E-state index in [9.17, 15) is 19.6 Å². The standard InChI is InChI=1S/C37H54N8O8/c1-9-10-18-32(46)44(25-28-19-21-29(22-20-28)30-16-12-13-17-31(30)34-38-40-41-39-34)33(26(2)3)35(47)52-27(4)53-36(48)50-23-14-11-15-24-51-42-45(49)43(8)37(5,6)7/h12-13,16-17,19-22,26-27,33H,9-11,14-15,18,23-25H2,1-8H3,(H,38,39,40,41)/b45-42-/t27?,33-/m0/s1. The van der Waals surface area contributed by atoms with Crippen LogP contribution in [0.2, 0.25) is 0 Å². The van der Waals surface area contributed by atoms with Crippen LogP contribution in [-0.4, -0.2) is 91.7 Å². The van der Waals surface area contributed by atoms with E-state index in [1.807, 2.05) is 90.1 Å². The summed E-state index contributed by atoms with van der Waals surface area (Å²) in [7, 11) is 1.62. The van der Waals surface area contributed by atoms with Crippen molar-refractivity contribution in [2.75, 3.05) is 20.3 Å². The Bertz CT molecular complexity index is 1610. The molecule has 290 valence electrons. The van der Waals surface area contributed by atoms with Gasteiger partial charge in [-0.2, -0.15) is 0 Å². The number of hydrogen-bond acceptors (Lipinski definition) is 12. The lowest BCUT2D eigenvalue weighted by Crippen LogP contribution is -2.49. The van der Waals surface area contributed by atoms with Crippen LogP contribution in [0, 0.1) is 11.1 Å². The van der Waals surface area contributed by atoms with Crippen molar-refractivity contribution in [2.45, 2.75) is 111 Å². The predicted octanol–water partition coefficient (Wildman–Crippen LogP) is 6.83. The lowest BCUT2D eigenvalue weighted by molar-refractivity contribution is -0.719. The molecular formula is C37H54N8O8. The van der Waals surface area contributed by atoms with Crippen molar-refractivity contribution in [2.24, 2.45) is 11.2 Å². The van der Waals surface area contributed by atoms with Crippen molar-refractivity contribution in [1.29, 1.82) is 0 Å². The van der Waals surface area contributed by atoms with Gasteiger partial charge in [0.25, 0.3) is 0 Å². The monoisotopic (exact) mass is 738 g/mol. The molecule has 53 heavy (non-hydrogen) atoms. The fourth-order valence-electron chi connectivity index (χ4n) is 5.20. The normalized spacial score (nSPS) is 12.9. The third-order valence-electron chi connectivity index (χ3n) is 8.42. The highest BCUT2D eigenvalue weighted by Crippen LogP contribution is 2.30. The van der Waals surface area contributed by atoms with Crippen LogP contribution in [-0.2, 0) is 35.2 Å². The van der Waals surface area contributed by atoms with E-state index in [0.717, 1.165) is 28.7 Å². The number of unbranched alkanes of at least 4 members (excludes halogenated alkanes) is 3. The summed E-state index contributed by atoms with van der Waals surface area (Å²) in [6, 6.07) is 14.6. The van der Waals surface area contributed by atoms with Crippen LogP contribution >= 0.6 is 0 Å². The van der Waals surface area contributed by atoms with Crippen LogP contribution in [0.4, 0.5) is 4.79 Å². The number of nitrogens with one attached hydrogen (secondary N) is 1. The molecule has 0 fully saturated rings. The molecule has 0 spiro atoms. The SMILES string of the molecule is CCCCC(=O)N(Cc1ccc(-c2ccccc2-c2nnn[nH]2)cc1)[C@H](C(=O)OC(C)OC(=O)OCCCCCO/N=[N+](\[O-])N(C)C(C)(C)C)C(C)C. The molecule has 3 aromatic rings. The van der Waals surface area contributed by atoms with Gasteiger partial charge in [0.1, 0.15) is 12.6 Å². The minimum absolute atomic E-state index is 0.0764. The number of carbonyl (C=O) groups is 3. The molecule has 2 aromatic carbocycles. The quantitative estimate of drug-likeness (QED) is 0.0318. The maximum Gasteiger partial charge on any atom is 0.511 e. The third kappa shape index (κ3) is 13.3. The predicted molar refractivity (Wildman–Crippen MR) is 195 cm³/mol. The summed E-state index contributed by atoms with van der Waals surface area (Å²) in [5, 5.41) is 31.1. The van der Waals surface area contributed by atoms with Crippen molar-refractivity contribution in [1.82, 2.24) is 30.5 Å². The molecule has 0 aliphatic heterocycles. The zero-order chi connectivity index (χ0) is 39.0. The van der Waals surface area contributed by atoms with E-state index < -0.39 is 30.0 Å². The third-order valence-corrected chi connectivity index (χ3v) is 8.42. The summed E-state index contributed by atoms with van der Waals surface area (Å²) >= 11 is 0. The number of rotatable bonds is 20. The molecule has 0 aliphatic carbocycles. The first kappa shape index (κ1) is 42.1. The molecule has 1 heterocycles. The molecule has 16 nitrogen and oxygen atoms in total. The Morgan fingerprint density at radius 3 is 2.25 bits per heavy atom.